The lowest BCUT2D eigenvalue weighted by Crippen LogP contribution is -2.27. The fourth-order valence-corrected chi connectivity index (χ4v) is 4.37. The fourth-order valence-electron chi connectivity index (χ4n) is 1.73. The zero-order valence-corrected chi connectivity index (χ0v) is 13.2. The van der Waals surface area contributed by atoms with Crippen molar-refractivity contribution >= 4 is 63.3 Å². The van der Waals surface area contributed by atoms with Gasteiger partial charge in [-0.05, 0) is 41.4 Å². The highest BCUT2D eigenvalue weighted by molar-refractivity contribution is 8.18. The Labute approximate surface area is 132 Å². The second-order valence-corrected chi connectivity index (χ2v) is 7.76. The van der Waals surface area contributed by atoms with E-state index in [0.717, 1.165) is 21.5 Å². The first kappa shape index (κ1) is 13.9. The van der Waals surface area contributed by atoms with Gasteiger partial charge >= 0.3 is 0 Å². The third-order valence-electron chi connectivity index (χ3n) is 2.63. The minimum absolute atomic E-state index is 0.234. The van der Waals surface area contributed by atoms with Crippen molar-refractivity contribution in [1.82, 2.24) is 4.90 Å². The highest BCUT2D eigenvalue weighted by atomic mass is 35.5. The molecule has 1 fully saturated rings. The molecule has 0 spiro atoms. The fraction of sp³-hybridized carbons (Fsp3) is 0.0769. The van der Waals surface area contributed by atoms with Gasteiger partial charge in [0.15, 0.2) is 0 Å². The van der Waals surface area contributed by atoms with Crippen LogP contribution in [-0.4, -0.2) is 16.0 Å². The van der Waals surface area contributed by atoms with Crippen molar-refractivity contribution in [2.45, 2.75) is 6.54 Å². The van der Waals surface area contributed by atoms with Crippen LogP contribution in [0, 0.1) is 0 Å². The van der Waals surface area contributed by atoms with Crippen molar-refractivity contribution < 1.29 is 9.59 Å². The number of imide groups is 1. The molecule has 0 unspecified atom stereocenters. The number of thioether (sulfide) groups is 1. The molecule has 1 aliphatic rings. The van der Waals surface area contributed by atoms with Gasteiger partial charge in [0.25, 0.3) is 11.1 Å². The molecule has 3 nitrogen and oxygen atoms in total. The number of hydrogen-bond acceptors (Lipinski definition) is 5. The van der Waals surface area contributed by atoms with Gasteiger partial charge in [-0.3, -0.25) is 14.5 Å². The molecule has 0 N–H and O–H groups in total. The van der Waals surface area contributed by atoms with Crippen LogP contribution in [0.15, 0.2) is 34.6 Å². The van der Waals surface area contributed by atoms with Crippen molar-refractivity contribution in [3.8, 4) is 0 Å². The third-order valence-corrected chi connectivity index (χ3v) is 5.58. The predicted octanol–water partition coefficient (Wildman–Crippen LogP) is 4.70. The van der Waals surface area contributed by atoms with E-state index in [1.165, 1.54) is 27.6 Å². The van der Waals surface area contributed by atoms with Crippen LogP contribution in [0.3, 0.4) is 0 Å². The molecule has 0 aliphatic carbocycles. The second kappa shape index (κ2) is 5.73. The van der Waals surface area contributed by atoms with Crippen molar-refractivity contribution in [1.29, 1.82) is 0 Å². The van der Waals surface area contributed by atoms with Crippen molar-refractivity contribution in [3.63, 3.8) is 0 Å². The summed E-state index contributed by atoms with van der Waals surface area (Å²) in [5.41, 5.74) is 0. The summed E-state index contributed by atoms with van der Waals surface area (Å²) in [6.07, 6.45) is 1.76. The standard InChI is InChI=1S/C13H8ClNO2S3/c14-11-4-3-9(19-11)7-15-12(16)10(20-13(15)17)6-8-2-1-5-18-8/h1-6H,7H2/b10-6-. The van der Waals surface area contributed by atoms with Crippen molar-refractivity contribution in [3.05, 3.63) is 48.6 Å². The number of nitrogens with zero attached hydrogens (tertiary/aromatic N) is 1. The van der Waals surface area contributed by atoms with Gasteiger partial charge in [0.2, 0.25) is 0 Å². The molecule has 2 amide bonds. The normalized spacial score (nSPS) is 17.4. The summed E-state index contributed by atoms with van der Waals surface area (Å²) in [7, 11) is 0. The van der Waals surface area contributed by atoms with Gasteiger partial charge < -0.3 is 0 Å². The molecule has 0 bridgehead atoms. The number of halogens is 1. The van der Waals surface area contributed by atoms with E-state index < -0.39 is 0 Å². The van der Waals surface area contributed by atoms with Gasteiger partial charge in [0, 0.05) is 9.75 Å². The maximum absolute atomic E-state index is 12.2. The quantitative estimate of drug-likeness (QED) is 0.759. The molecule has 2 aromatic rings. The van der Waals surface area contributed by atoms with Gasteiger partial charge in [0.1, 0.15) is 0 Å². The maximum Gasteiger partial charge on any atom is 0.293 e. The Balaban J connectivity index is 1.80. The van der Waals surface area contributed by atoms with E-state index in [-0.39, 0.29) is 17.7 Å². The molecular weight excluding hydrogens is 334 g/mol. The van der Waals surface area contributed by atoms with E-state index >= 15 is 0 Å². The highest BCUT2D eigenvalue weighted by Crippen LogP contribution is 2.35. The molecule has 20 heavy (non-hydrogen) atoms. The molecule has 0 saturated carbocycles. The lowest BCUT2D eigenvalue weighted by Gasteiger charge is -2.10. The lowest BCUT2D eigenvalue weighted by molar-refractivity contribution is -0.123. The predicted molar refractivity (Wildman–Crippen MR) is 85.2 cm³/mol. The Morgan fingerprint density at radius 1 is 1.25 bits per heavy atom. The molecule has 2 aromatic heterocycles. The van der Waals surface area contributed by atoms with Gasteiger partial charge in [-0.2, -0.15) is 0 Å². The average Bonchev–Trinajstić information content (AvgIpc) is 3.10. The molecule has 1 aliphatic heterocycles. The number of thiophene rings is 2. The van der Waals surface area contributed by atoms with Crippen LogP contribution in [0.25, 0.3) is 6.08 Å². The van der Waals surface area contributed by atoms with Crippen LogP contribution in [0.4, 0.5) is 4.79 Å². The zero-order chi connectivity index (χ0) is 14.1. The summed E-state index contributed by atoms with van der Waals surface area (Å²) in [5.74, 6) is -0.238. The number of carbonyl (C=O) groups excluding carboxylic acids is 2. The average molecular weight is 342 g/mol. The molecule has 7 heteroatoms. The van der Waals surface area contributed by atoms with Crippen LogP contribution >= 0.6 is 46.0 Å². The number of amides is 2. The van der Waals surface area contributed by atoms with Gasteiger partial charge in [-0.25, -0.2) is 0 Å². The summed E-state index contributed by atoms with van der Waals surface area (Å²) in [4.78, 5) is 27.8. The molecule has 0 atom stereocenters. The van der Waals surface area contributed by atoms with E-state index in [4.69, 9.17) is 11.6 Å². The smallest absolute Gasteiger partial charge is 0.268 e. The first-order chi connectivity index (χ1) is 9.63. The Morgan fingerprint density at radius 2 is 2.10 bits per heavy atom. The number of hydrogen-bond donors (Lipinski definition) is 0. The van der Waals surface area contributed by atoms with Crippen LogP contribution in [0.5, 0.6) is 0 Å². The van der Waals surface area contributed by atoms with Crippen LogP contribution in [0.1, 0.15) is 9.75 Å². The van der Waals surface area contributed by atoms with Gasteiger partial charge in [-0.15, -0.1) is 22.7 Å². The minimum Gasteiger partial charge on any atom is -0.268 e. The van der Waals surface area contributed by atoms with Gasteiger partial charge in [-0.1, -0.05) is 17.7 Å². The molecule has 3 heterocycles. The van der Waals surface area contributed by atoms with E-state index in [9.17, 15) is 9.59 Å². The SMILES string of the molecule is O=C1S/C(=C\c2cccs2)C(=O)N1Cc1ccc(Cl)s1. The zero-order valence-electron chi connectivity index (χ0n) is 10.0. The highest BCUT2D eigenvalue weighted by Gasteiger charge is 2.35. The summed E-state index contributed by atoms with van der Waals surface area (Å²) < 4.78 is 0.654. The van der Waals surface area contributed by atoms with E-state index in [1.54, 1.807) is 12.1 Å². The monoisotopic (exact) mass is 341 g/mol. The summed E-state index contributed by atoms with van der Waals surface area (Å²) >= 11 is 9.75. The summed E-state index contributed by atoms with van der Waals surface area (Å²) in [5, 5.41) is 1.70. The summed E-state index contributed by atoms with van der Waals surface area (Å²) in [6.45, 7) is 0.282. The first-order valence-corrected chi connectivity index (χ1v) is 8.55. The second-order valence-electron chi connectivity index (χ2n) is 3.99. The van der Waals surface area contributed by atoms with Crippen molar-refractivity contribution in [2.75, 3.05) is 0 Å². The van der Waals surface area contributed by atoms with Crippen molar-refractivity contribution in [2.24, 2.45) is 0 Å². The maximum atomic E-state index is 12.2. The summed E-state index contributed by atoms with van der Waals surface area (Å²) in [6, 6.07) is 7.42. The van der Waals surface area contributed by atoms with Crippen LogP contribution in [0.2, 0.25) is 4.34 Å². The minimum atomic E-state index is -0.238. The van der Waals surface area contributed by atoms with Crippen LogP contribution in [-0.2, 0) is 11.3 Å². The molecule has 0 aromatic carbocycles. The first-order valence-electron chi connectivity index (χ1n) is 5.66. The molecule has 102 valence electrons. The Hall–Kier alpha value is -1.08. The molecule has 1 saturated heterocycles. The Morgan fingerprint density at radius 3 is 2.75 bits per heavy atom. The largest absolute Gasteiger partial charge is 0.293 e. The number of rotatable bonds is 3. The Kier molecular flexibility index (Phi) is 3.98. The Bertz CT molecular complexity index is 690. The third kappa shape index (κ3) is 2.83. The van der Waals surface area contributed by atoms with E-state index in [1.807, 2.05) is 23.6 Å². The number of carbonyl (C=O) groups is 2. The topological polar surface area (TPSA) is 37.4 Å². The lowest BCUT2D eigenvalue weighted by atomic mass is 10.3. The molecule has 3 rings (SSSR count). The van der Waals surface area contributed by atoms with Gasteiger partial charge in [0.05, 0.1) is 15.8 Å². The molecular formula is C13H8ClNO2S3. The van der Waals surface area contributed by atoms with E-state index in [2.05, 4.69) is 0 Å². The molecule has 0 radical (unpaired) electrons. The van der Waals surface area contributed by atoms with E-state index in [0.29, 0.717) is 9.24 Å². The van der Waals surface area contributed by atoms with Crippen LogP contribution < -0.4 is 0 Å².